The Hall–Kier alpha value is -2.61. The molecule has 1 fully saturated rings. The zero-order chi connectivity index (χ0) is 20.0. The zero-order valence-electron chi connectivity index (χ0n) is 17.7. The van der Waals surface area contributed by atoms with E-state index in [1.807, 2.05) is 6.20 Å². The van der Waals surface area contributed by atoms with Gasteiger partial charge >= 0.3 is 0 Å². The highest BCUT2D eigenvalue weighted by molar-refractivity contribution is 6.02. The lowest BCUT2D eigenvalue weighted by atomic mass is 9.87. The number of fused-ring (bicyclic) bond motifs is 2. The van der Waals surface area contributed by atoms with Crippen LogP contribution >= 0.6 is 0 Å². The maximum atomic E-state index is 5.92. The van der Waals surface area contributed by atoms with Crippen molar-refractivity contribution in [3.63, 3.8) is 0 Å². The Morgan fingerprint density at radius 3 is 2.59 bits per heavy atom. The Bertz CT molecular complexity index is 1170. The summed E-state index contributed by atoms with van der Waals surface area (Å²) in [5.41, 5.74) is 6.21. The SMILES string of the molecule is CC(C)(C)Cc1ccc2c(-c3cc(C4CCCC4)cc4ccoc34)nccc2c1. The van der Waals surface area contributed by atoms with E-state index in [0.29, 0.717) is 5.92 Å². The van der Waals surface area contributed by atoms with Gasteiger partial charge in [-0.2, -0.15) is 0 Å². The van der Waals surface area contributed by atoms with Crippen LogP contribution in [0.25, 0.3) is 33.0 Å². The van der Waals surface area contributed by atoms with Crippen LogP contribution in [0.5, 0.6) is 0 Å². The van der Waals surface area contributed by atoms with E-state index in [2.05, 4.69) is 63.2 Å². The third-order valence-corrected chi connectivity index (χ3v) is 6.22. The topological polar surface area (TPSA) is 26.0 Å². The molecule has 2 heteroatoms. The first kappa shape index (κ1) is 18.4. The molecule has 1 aliphatic carbocycles. The monoisotopic (exact) mass is 383 g/mol. The quantitative estimate of drug-likeness (QED) is 0.359. The van der Waals surface area contributed by atoms with Crippen LogP contribution in [-0.2, 0) is 6.42 Å². The zero-order valence-corrected chi connectivity index (χ0v) is 17.7. The highest BCUT2D eigenvalue weighted by Gasteiger charge is 2.21. The molecule has 0 saturated heterocycles. The molecule has 0 aliphatic heterocycles. The molecule has 29 heavy (non-hydrogen) atoms. The van der Waals surface area contributed by atoms with E-state index in [9.17, 15) is 0 Å². The summed E-state index contributed by atoms with van der Waals surface area (Å²) in [4.78, 5) is 4.82. The molecule has 2 aromatic carbocycles. The lowest BCUT2D eigenvalue weighted by molar-refractivity contribution is 0.411. The average Bonchev–Trinajstić information content (AvgIpc) is 3.37. The molecule has 148 valence electrons. The second-order valence-corrected chi connectivity index (χ2v) is 9.84. The first-order chi connectivity index (χ1) is 14.0. The molecule has 0 spiro atoms. The van der Waals surface area contributed by atoms with Crippen LogP contribution in [-0.4, -0.2) is 4.98 Å². The maximum Gasteiger partial charge on any atom is 0.143 e. The second-order valence-electron chi connectivity index (χ2n) is 9.84. The minimum atomic E-state index is 0.277. The highest BCUT2D eigenvalue weighted by atomic mass is 16.3. The van der Waals surface area contributed by atoms with E-state index in [1.54, 1.807) is 6.26 Å². The number of aromatic nitrogens is 1. The molecule has 5 rings (SSSR count). The van der Waals surface area contributed by atoms with Crippen LogP contribution in [0.4, 0.5) is 0 Å². The predicted octanol–water partition coefficient (Wildman–Crippen LogP) is 7.89. The van der Waals surface area contributed by atoms with Gasteiger partial charge in [-0.1, -0.05) is 51.8 Å². The molecule has 2 aromatic heterocycles. The average molecular weight is 384 g/mol. The molecular formula is C27H29NO. The van der Waals surface area contributed by atoms with Gasteiger partial charge in [0.05, 0.1) is 12.0 Å². The molecule has 2 nitrogen and oxygen atoms in total. The highest BCUT2D eigenvalue weighted by Crippen LogP contribution is 2.40. The fourth-order valence-electron chi connectivity index (χ4n) is 4.94. The normalized spacial score (nSPS) is 15.6. The molecule has 4 aromatic rings. The van der Waals surface area contributed by atoms with Crippen molar-refractivity contribution in [2.75, 3.05) is 0 Å². The largest absolute Gasteiger partial charge is 0.464 e. The fraction of sp³-hybridized carbons (Fsp3) is 0.370. The molecule has 0 atom stereocenters. The number of benzene rings is 2. The summed E-state index contributed by atoms with van der Waals surface area (Å²) >= 11 is 0. The minimum Gasteiger partial charge on any atom is -0.464 e. The van der Waals surface area contributed by atoms with E-state index in [-0.39, 0.29) is 5.41 Å². The summed E-state index contributed by atoms with van der Waals surface area (Å²) in [6.45, 7) is 6.87. The van der Waals surface area contributed by atoms with Crippen LogP contribution in [0.1, 0.15) is 63.5 Å². The molecule has 1 saturated carbocycles. The predicted molar refractivity (Wildman–Crippen MR) is 121 cm³/mol. The van der Waals surface area contributed by atoms with Crippen molar-refractivity contribution >= 4 is 21.7 Å². The summed E-state index contributed by atoms with van der Waals surface area (Å²) in [6.07, 6.45) is 10.1. The molecule has 2 heterocycles. The Labute approximate surface area is 173 Å². The molecule has 0 amide bonds. The first-order valence-electron chi connectivity index (χ1n) is 10.9. The number of furan rings is 1. The minimum absolute atomic E-state index is 0.277. The lowest BCUT2D eigenvalue weighted by Crippen LogP contribution is -2.08. The molecule has 0 bridgehead atoms. The third kappa shape index (κ3) is 3.57. The summed E-state index contributed by atoms with van der Waals surface area (Å²) in [7, 11) is 0. The van der Waals surface area contributed by atoms with Crippen LogP contribution in [0.2, 0.25) is 0 Å². The molecule has 1 aliphatic rings. The van der Waals surface area contributed by atoms with Gasteiger partial charge in [-0.25, -0.2) is 0 Å². The smallest absolute Gasteiger partial charge is 0.143 e. The van der Waals surface area contributed by atoms with Crippen molar-refractivity contribution in [2.45, 2.75) is 58.8 Å². The summed E-state index contributed by atoms with van der Waals surface area (Å²) in [5.74, 6) is 0.668. The van der Waals surface area contributed by atoms with Crippen LogP contribution in [0, 0.1) is 5.41 Å². The van der Waals surface area contributed by atoms with Crippen LogP contribution < -0.4 is 0 Å². The van der Waals surface area contributed by atoms with Crippen molar-refractivity contribution in [1.29, 1.82) is 0 Å². The van der Waals surface area contributed by atoms with Gasteiger partial charge in [0.25, 0.3) is 0 Å². The molecule has 0 N–H and O–H groups in total. The van der Waals surface area contributed by atoms with E-state index in [0.717, 1.165) is 23.3 Å². The Morgan fingerprint density at radius 2 is 1.79 bits per heavy atom. The van der Waals surface area contributed by atoms with E-state index in [1.165, 1.54) is 53.0 Å². The van der Waals surface area contributed by atoms with Crippen LogP contribution in [0.3, 0.4) is 0 Å². The molecule has 0 unspecified atom stereocenters. The molecule has 0 radical (unpaired) electrons. The van der Waals surface area contributed by atoms with Gasteiger partial charge in [0, 0.05) is 22.5 Å². The van der Waals surface area contributed by atoms with Crippen molar-refractivity contribution in [3.05, 3.63) is 66.1 Å². The van der Waals surface area contributed by atoms with Gasteiger partial charge in [0.15, 0.2) is 0 Å². The molecular weight excluding hydrogens is 354 g/mol. The third-order valence-electron chi connectivity index (χ3n) is 6.22. The number of rotatable bonds is 3. The summed E-state index contributed by atoms with van der Waals surface area (Å²) in [5, 5.41) is 3.64. The van der Waals surface area contributed by atoms with Crippen molar-refractivity contribution in [2.24, 2.45) is 5.41 Å². The number of nitrogens with zero attached hydrogens (tertiary/aromatic N) is 1. The van der Waals surface area contributed by atoms with Gasteiger partial charge in [-0.15, -0.1) is 0 Å². The Morgan fingerprint density at radius 1 is 0.966 bits per heavy atom. The Balaban J connectivity index is 1.67. The first-order valence-corrected chi connectivity index (χ1v) is 10.9. The lowest BCUT2D eigenvalue weighted by Gasteiger charge is -2.18. The van der Waals surface area contributed by atoms with Gasteiger partial charge in [0.1, 0.15) is 5.58 Å². The summed E-state index contributed by atoms with van der Waals surface area (Å²) < 4.78 is 5.92. The van der Waals surface area contributed by atoms with Crippen LogP contribution in [0.15, 0.2) is 59.3 Å². The van der Waals surface area contributed by atoms with Crippen molar-refractivity contribution < 1.29 is 4.42 Å². The fourth-order valence-corrected chi connectivity index (χ4v) is 4.94. The van der Waals surface area contributed by atoms with Gasteiger partial charge in [-0.05, 0) is 71.4 Å². The van der Waals surface area contributed by atoms with Crippen molar-refractivity contribution in [1.82, 2.24) is 4.98 Å². The van der Waals surface area contributed by atoms with Crippen molar-refractivity contribution in [3.8, 4) is 11.3 Å². The maximum absolute atomic E-state index is 5.92. The van der Waals surface area contributed by atoms with Gasteiger partial charge < -0.3 is 4.42 Å². The second kappa shape index (κ2) is 7.02. The summed E-state index contributed by atoms with van der Waals surface area (Å²) in [6, 6.07) is 15.7. The number of hydrogen-bond donors (Lipinski definition) is 0. The number of pyridine rings is 1. The standard InChI is InChI=1S/C27H29NO/c1-27(2,3)17-18-8-9-23-20(14-18)10-12-28-25(23)24-16-22(19-6-4-5-7-19)15-21-11-13-29-26(21)24/h8-16,19H,4-7,17H2,1-3H3. The van der Waals surface area contributed by atoms with Gasteiger partial charge in [0.2, 0.25) is 0 Å². The number of hydrogen-bond acceptors (Lipinski definition) is 2. The van der Waals surface area contributed by atoms with E-state index >= 15 is 0 Å². The Kier molecular flexibility index (Phi) is 4.46. The van der Waals surface area contributed by atoms with Gasteiger partial charge in [-0.3, -0.25) is 4.98 Å². The van der Waals surface area contributed by atoms with E-state index < -0.39 is 0 Å². The van der Waals surface area contributed by atoms with E-state index in [4.69, 9.17) is 9.40 Å².